The first kappa shape index (κ1) is 15.9. The number of amides is 1. The highest BCUT2D eigenvalue weighted by Crippen LogP contribution is 2.26. The SMILES string of the molecule is CC1CCN(C(C)C(=O)Nc2ccc(CN)cc2)C1CO. The van der Waals surface area contributed by atoms with Crippen LogP contribution in [0.2, 0.25) is 0 Å². The molecule has 5 heteroatoms. The van der Waals surface area contributed by atoms with Gasteiger partial charge in [-0.15, -0.1) is 0 Å². The number of hydrogen-bond donors (Lipinski definition) is 3. The molecule has 3 unspecified atom stereocenters. The molecule has 2 rings (SSSR count). The standard InChI is InChI=1S/C16H25N3O2/c1-11-7-8-19(15(11)10-20)12(2)16(21)18-14-5-3-13(9-17)4-6-14/h3-6,11-12,15,20H,7-10,17H2,1-2H3,(H,18,21). The molecular weight excluding hydrogens is 266 g/mol. The summed E-state index contributed by atoms with van der Waals surface area (Å²) < 4.78 is 0. The molecule has 0 aliphatic carbocycles. The number of nitrogens with zero attached hydrogens (tertiary/aromatic N) is 1. The fourth-order valence-corrected chi connectivity index (χ4v) is 2.92. The number of carbonyl (C=O) groups is 1. The van der Waals surface area contributed by atoms with E-state index in [2.05, 4.69) is 17.1 Å². The Bertz CT molecular complexity index is 475. The first-order valence-electron chi connectivity index (χ1n) is 7.53. The van der Waals surface area contributed by atoms with Gasteiger partial charge in [0.15, 0.2) is 0 Å². The zero-order valence-electron chi connectivity index (χ0n) is 12.7. The van der Waals surface area contributed by atoms with E-state index in [-0.39, 0.29) is 24.6 Å². The second-order valence-electron chi connectivity index (χ2n) is 5.82. The molecule has 1 heterocycles. The molecule has 5 nitrogen and oxygen atoms in total. The molecule has 3 atom stereocenters. The van der Waals surface area contributed by atoms with Gasteiger partial charge in [-0.2, -0.15) is 0 Å². The maximum atomic E-state index is 12.4. The zero-order valence-corrected chi connectivity index (χ0v) is 12.7. The number of carbonyl (C=O) groups excluding carboxylic acids is 1. The summed E-state index contributed by atoms with van der Waals surface area (Å²) in [5.41, 5.74) is 7.37. The Hall–Kier alpha value is -1.43. The Morgan fingerprint density at radius 1 is 1.48 bits per heavy atom. The Morgan fingerprint density at radius 3 is 2.71 bits per heavy atom. The van der Waals surface area contributed by atoms with Gasteiger partial charge >= 0.3 is 0 Å². The lowest BCUT2D eigenvalue weighted by atomic mass is 10.0. The highest BCUT2D eigenvalue weighted by Gasteiger charge is 2.36. The predicted molar refractivity (Wildman–Crippen MR) is 83.8 cm³/mol. The van der Waals surface area contributed by atoms with E-state index in [0.717, 1.165) is 24.2 Å². The summed E-state index contributed by atoms with van der Waals surface area (Å²) >= 11 is 0. The van der Waals surface area contributed by atoms with Crippen LogP contribution in [-0.4, -0.2) is 41.1 Å². The van der Waals surface area contributed by atoms with Gasteiger partial charge in [-0.05, 0) is 43.5 Å². The smallest absolute Gasteiger partial charge is 0.241 e. The van der Waals surface area contributed by atoms with Gasteiger partial charge in [-0.25, -0.2) is 0 Å². The molecule has 21 heavy (non-hydrogen) atoms. The zero-order chi connectivity index (χ0) is 15.4. The molecule has 0 aromatic heterocycles. The van der Waals surface area contributed by atoms with Gasteiger partial charge in [-0.1, -0.05) is 19.1 Å². The topological polar surface area (TPSA) is 78.6 Å². The minimum absolute atomic E-state index is 0.0388. The van der Waals surface area contributed by atoms with Crippen molar-refractivity contribution in [2.24, 2.45) is 11.7 Å². The predicted octanol–water partition coefficient (Wildman–Crippen LogP) is 1.17. The van der Waals surface area contributed by atoms with Crippen LogP contribution in [0.1, 0.15) is 25.8 Å². The number of anilines is 1. The van der Waals surface area contributed by atoms with Crippen LogP contribution in [0.25, 0.3) is 0 Å². The van der Waals surface area contributed by atoms with Crippen LogP contribution in [0.5, 0.6) is 0 Å². The average molecular weight is 291 g/mol. The molecule has 0 bridgehead atoms. The normalized spacial score (nSPS) is 24.0. The highest BCUT2D eigenvalue weighted by molar-refractivity contribution is 5.94. The summed E-state index contributed by atoms with van der Waals surface area (Å²) in [7, 11) is 0. The van der Waals surface area contributed by atoms with Crippen molar-refractivity contribution in [2.75, 3.05) is 18.5 Å². The molecule has 1 aliphatic rings. The maximum Gasteiger partial charge on any atom is 0.241 e. The van der Waals surface area contributed by atoms with E-state index in [1.165, 1.54) is 0 Å². The molecule has 1 amide bonds. The van der Waals surface area contributed by atoms with Crippen LogP contribution < -0.4 is 11.1 Å². The van der Waals surface area contributed by atoms with E-state index >= 15 is 0 Å². The van der Waals surface area contributed by atoms with Crippen molar-refractivity contribution in [3.63, 3.8) is 0 Å². The molecule has 4 N–H and O–H groups in total. The number of hydrogen-bond acceptors (Lipinski definition) is 4. The van der Waals surface area contributed by atoms with Gasteiger partial charge in [0.2, 0.25) is 5.91 Å². The van der Waals surface area contributed by atoms with Crippen LogP contribution >= 0.6 is 0 Å². The average Bonchev–Trinajstić information content (AvgIpc) is 2.88. The molecule has 0 spiro atoms. The summed E-state index contributed by atoms with van der Waals surface area (Å²) in [5.74, 6) is 0.386. The van der Waals surface area contributed by atoms with Crippen LogP contribution in [-0.2, 0) is 11.3 Å². The third-order valence-electron chi connectivity index (χ3n) is 4.45. The van der Waals surface area contributed by atoms with Crippen LogP contribution in [0.3, 0.4) is 0 Å². The molecule has 1 saturated heterocycles. The number of rotatable bonds is 5. The van der Waals surface area contributed by atoms with Crippen molar-refractivity contribution < 1.29 is 9.90 Å². The summed E-state index contributed by atoms with van der Waals surface area (Å²) in [6, 6.07) is 7.38. The van der Waals surface area contributed by atoms with E-state index in [1.54, 1.807) is 0 Å². The maximum absolute atomic E-state index is 12.4. The Kier molecular flexibility index (Phi) is 5.33. The van der Waals surface area contributed by atoms with Gasteiger partial charge < -0.3 is 16.2 Å². The van der Waals surface area contributed by atoms with Crippen molar-refractivity contribution in [2.45, 2.75) is 38.9 Å². The molecule has 1 fully saturated rings. The fraction of sp³-hybridized carbons (Fsp3) is 0.562. The first-order chi connectivity index (χ1) is 10.1. The molecule has 1 aliphatic heterocycles. The van der Waals surface area contributed by atoms with Gasteiger partial charge in [0.05, 0.1) is 12.6 Å². The molecule has 1 aromatic rings. The summed E-state index contributed by atoms with van der Waals surface area (Å²) in [4.78, 5) is 14.5. The van der Waals surface area contributed by atoms with Gasteiger partial charge in [0.1, 0.15) is 0 Å². The molecular formula is C16H25N3O2. The molecule has 1 aromatic carbocycles. The number of aliphatic hydroxyl groups excluding tert-OH is 1. The second kappa shape index (κ2) is 7.02. The quantitative estimate of drug-likeness (QED) is 0.761. The van der Waals surface area contributed by atoms with Crippen molar-refractivity contribution >= 4 is 11.6 Å². The lowest BCUT2D eigenvalue weighted by Gasteiger charge is -2.30. The van der Waals surface area contributed by atoms with Crippen molar-refractivity contribution in [3.05, 3.63) is 29.8 Å². The van der Waals surface area contributed by atoms with Gasteiger partial charge in [0, 0.05) is 18.3 Å². The molecule has 116 valence electrons. The first-order valence-corrected chi connectivity index (χ1v) is 7.53. The van der Waals surface area contributed by atoms with E-state index in [9.17, 15) is 9.90 Å². The van der Waals surface area contributed by atoms with E-state index < -0.39 is 0 Å². The fourth-order valence-electron chi connectivity index (χ4n) is 2.92. The van der Waals surface area contributed by atoms with Crippen LogP contribution in [0.4, 0.5) is 5.69 Å². The number of likely N-dealkylation sites (tertiary alicyclic amines) is 1. The monoisotopic (exact) mass is 291 g/mol. The minimum atomic E-state index is -0.249. The minimum Gasteiger partial charge on any atom is -0.395 e. The molecule has 0 saturated carbocycles. The van der Waals surface area contributed by atoms with Crippen molar-refractivity contribution in [1.29, 1.82) is 0 Å². The summed E-state index contributed by atoms with van der Waals surface area (Å²) in [6.07, 6.45) is 1.02. The van der Waals surface area contributed by atoms with Crippen LogP contribution in [0.15, 0.2) is 24.3 Å². The Balaban J connectivity index is 1.98. The number of nitrogens with two attached hydrogens (primary N) is 1. The van der Waals surface area contributed by atoms with Crippen molar-refractivity contribution in [3.8, 4) is 0 Å². The van der Waals surface area contributed by atoms with E-state index in [0.29, 0.717) is 12.5 Å². The third kappa shape index (κ3) is 3.61. The second-order valence-corrected chi connectivity index (χ2v) is 5.82. The Morgan fingerprint density at radius 2 is 2.14 bits per heavy atom. The summed E-state index contributed by atoms with van der Waals surface area (Å²) in [5, 5.41) is 12.4. The number of benzene rings is 1. The lowest BCUT2D eigenvalue weighted by molar-refractivity contribution is -0.121. The van der Waals surface area contributed by atoms with Crippen LogP contribution in [0, 0.1) is 5.92 Å². The van der Waals surface area contributed by atoms with E-state index in [1.807, 2.05) is 31.2 Å². The Labute approximate surface area is 126 Å². The lowest BCUT2D eigenvalue weighted by Crippen LogP contribution is -2.47. The summed E-state index contributed by atoms with van der Waals surface area (Å²) in [6.45, 7) is 5.47. The van der Waals surface area contributed by atoms with Crippen molar-refractivity contribution in [1.82, 2.24) is 4.90 Å². The van der Waals surface area contributed by atoms with E-state index in [4.69, 9.17) is 5.73 Å². The number of nitrogens with one attached hydrogen (secondary N) is 1. The highest BCUT2D eigenvalue weighted by atomic mass is 16.3. The molecule has 0 radical (unpaired) electrons. The number of aliphatic hydroxyl groups is 1. The van der Waals surface area contributed by atoms with Gasteiger partial charge in [0.25, 0.3) is 0 Å². The largest absolute Gasteiger partial charge is 0.395 e. The van der Waals surface area contributed by atoms with Gasteiger partial charge in [-0.3, -0.25) is 9.69 Å². The third-order valence-corrected chi connectivity index (χ3v) is 4.45.